The highest BCUT2D eigenvalue weighted by atomic mass is 16.6. The Morgan fingerprint density at radius 1 is 1.53 bits per heavy atom. The van der Waals surface area contributed by atoms with E-state index in [0.717, 1.165) is 6.07 Å². The minimum Gasteiger partial charge on any atom is -0.465 e. The number of anilines is 1. The number of rotatable bonds is 2. The van der Waals surface area contributed by atoms with Crippen molar-refractivity contribution < 1.29 is 14.5 Å². The molecular weight excluding hydrogens is 200 g/mol. The second kappa shape index (κ2) is 3.95. The molecule has 0 saturated heterocycles. The molecule has 0 amide bonds. The van der Waals surface area contributed by atoms with E-state index in [1.807, 2.05) is 0 Å². The van der Waals surface area contributed by atoms with Crippen molar-refractivity contribution in [1.82, 2.24) is 0 Å². The molecule has 0 heterocycles. The molecule has 0 fully saturated rings. The average molecular weight is 210 g/mol. The molecule has 0 radical (unpaired) electrons. The van der Waals surface area contributed by atoms with Crippen molar-refractivity contribution in [2.75, 3.05) is 12.8 Å². The van der Waals surface area contributed by atoms with E-state index in [9.17, 15) is 14.9 Å². The fourth-order valence-electron chi connectivity index (χ4n) is 1.17. The van der Waals surface area contributed by atoms with E-state index in [1.54, 1.807) is 6.92 Å². The minimum atomic E-state index is -0.630. The molecule has 6 heteroatoms. The van der Waals surface area contributed by atoms with Crippen molar-refractivity contribution in [1.29, 1.82) is 0 Å². The van der Waals surface area contributed by atoms with Crippen molar-refractivity contribution in [3.8, 4) is 0 Å². The Balaban J connectivity index is 3.35. The summed E-state index contributed by atoms with van der Waals surface area (Å²) in [5, 5.41) is 10.6. The van der Waals surface area contributed by atoms with E-state index in [-0.39, 0.29) is 16.9 Å². The van der Waals surface area contributed by atoms with Crippen LogP contribution in [0.3, 0.4) is 0 Å². The second-order valence-electron chi connectivity index (χ2n) is 2.97. The number of esters is 1. The number of nitrogens with zero attached hydrogens (tertiary/aromatic N) is 1. The number of hydrogen-bond acceptors (Lipinski definition) is 5. The maximum Gasteiger partial charge on any atom is 0.338 e. The van der Waals surface area contributed by atoms with Crippen LogP contribution < -0.4 is 5.73 Å². The summed E-state index contributed by atoms with van der Waals surface area (Å²) >= 11 is 0. The predicted molar refractivity (Wildman–Crippen MR) is 53.6 cm³/mol. The van der Waals surface area contributed by atoms with Crippen LogP contribution in [0.5, 0.6) is 0 Å². The van der Waals surface area contributed by atoms with Gasteiger partial charge < -0.3 is 10.5 Å². The van der Waals surface area contributed by atoms with Crippen LogP contribution in [0.15, 0.2) is 12.1 Å². The smallest absolute Gasteiger partial charge is 0.338 e. The maximum absolute atomic E-state index is 11.2. The largest absolute Gasteiger partial charge is 0.465 e. The fourth-order valence-corrected chi connectivity index (χ4v) is 1.17. The fraction of sp³-hybridized carbons (Fsp3) is 0.222. The van der Waals surface area contributed by atoms with Gasteiger partial charge in [-0.15, -0.1) is 0 Å². The predicted octanol–water partition coefficient (Wildman–Crippen LogP) is 1.27. The summed E-state index contributed by atoms with van der Waals surface area (Å²) in [4.78, 5) is 21.1. The van der Waals surface area contributed by atoms with E-state index < -0.39 is 10.9 Å². The van der Waals surface area contributed by atoms with Gasteiger partial charge in [-0.3, -0.25) is 10.1 Å². The molecule has 0 unspecified atom stereocenters. The minimum absolute atomic E-state index is 0.0626. The van der Waals surface area contributed by atoms with Gasteiger partial charge in [0.2, 0.25) is 0 Å². The monoisotopic (exact) mass is 210 g/mol. The zero-order valence-corrected chi connectivity index (χ0v) is 8.31. The Bertz CT molecular complexity index is 428. The first-order valence-electron chi connectivity index (χ1n) is 4.10. The van der Waals surface area contributed by atoms with Gasteiger partial charge >= 0.3 is 5.97 Å². The number of methoxy groups -OCH3 is 1. The van der Waals surface area contributed by atoms with Crippen LogP contribution in [0.4, 0.5) is 11.4 Å². The summed E-state index contributed by atoms with van der Waals surface area (Å²) in [6.45, 7) is 1.59. The Kier molecular flexibility index (Phi) is 2.89. The van der Waals surface area contributed by atoms with Crippen molar-refractivity contribution in [3.05, 3.63) is 33.4 Å². The molecule has 6 nitrogen and oxygen atoms in total. The molecule has 0 spiro atoms. The van der Waals surface area contributed by atoms with Gasteiger partial charge in [0.05, 0.1) is 17.6 Å². The highest BCUT2D eigenvalue weighted by Crippen LogP contribution is 2.26. The number of nitrogens with two attached hydrogens (primary N) is 1. The first-order valence-corrected chi connectivity index (χ1v) is 4.10. The molecule has 0 bridgehead atoms. The first-order chi connectivity index (χ1) is 6.97. The van der Waals surface area contributed by atoms with Gasteiger partial charge in [0.25, 0.3) is 5.69 Å². The van der Waals surface area contributed by atoms with Crippen molar-refractivity contribution in [2.24, 2.45) is 0 Å². The summed E-state index contributed by atoms with van der Waals surface area (Å²) in [5.74, 6) is -0.624. The summed E-state index contributed by atoms with van der Waals surface area (Å²) in [6.07, 6.45) is 0. The van der Waals surface area contributed by atoms with Crippen LogP contribution >= 0.6 is 0 Å². The van der Waals surface area contributed by atoms with E-state index in [4.69, 9.17) is 5.73 Å². The van der Waals surface area contributed by atoms with Gasteiger partial charge in [0, 0.05) is 6.07 Å². The van der Waals surface area contributed by atoms with E-state index >= 15 is 0 Å². The van der Waals surface area contributed by atoms with Gasteiger partial charge in [-0.05, 0) is 18.6 Å². The van der Waals surface area contributed by atoms with Crippen LogP contribution in [-0.4, -0.2) is 18.0 Å². The number of aryl methyl sites for hydroxylation is 1. The van der Waals surface area contributed by atoms with Crippen molar-refractivity contribution >= 4 is 17.3 Å². The SMILES string of the molecule is COC(=O)c1cc(C)c(N)c([N+](=O)[O-])c1. The van der Waals surface area contributed by atoms with Crippen LogP contribution in [-0.2, 0) is 4.74 Å². The number of ether oxygens (including phenoxy) is 1. The van der Waals surface area contributed by atoms with Crippen LogP contribution in [0, 0.1) is 17.0 Å². The topological polar surface area (TPSA) is 95.5 Å². The molecule has 0 aromatic heterocycles. The zero-order valence-electron chi connectivity index (χ0n) is 8.31. The van der Waals surface area contributed by atoms with E-state index in [2.05, 4.69) is 4.74 Å². The number of nitro benzene ring substituents is 1. The Hall–Kier alpha value is -2.11. The molecule has 0 saturated carbocycles. The standard InChI is InChI=1S/C9H10N2O4/c1-5-3-6(9(12)15-2)4-7(8(5)10)11(13)14/h3-4H,10H2,1-2H3. The van der Waals surface area contributed by atoms with Crippen LogP contribution in [0.2, 0.25) is 0 Å². The number of benzene rings is 1. The lowest BCUT2D eigenvalue weighted by atomic mass is 10.1. The Morgan fingerprint density at radius 3 is 2.60 bits per heavy atom. The van der Waals surface area contributed by atoms with Crippen molar-refractivity contribution in [2.45, 2.75) is 6.92 Å². The lowest BCUT2D eigenvalue weighted by Gasteiger charge is -2.04. The highest BCUT2D eigenvalue weighted by molar-refractivity contribution is 5.91. The lowest BCUT2D eigenvalue weighted by molar-refractivity contribution is -0.384. The van der Waals surface area contributed by atoms with Gasteiger partial charge in [0.1, 0.15) is 5.69 Å². The second-order valence-corrected chi connectivity index (χ2v) is 2.97. The lowest BCUT2D eigenvalue weighted by Crippen LogP contribution is -2.05. The molecule has 0 aliphatic rings. The van der Waals surface area contributed by atoms with Gasteiger partial charge in [-0.2, -0.15) is 0 Å². The maximum atomic E-state index is 11.2. The average Bonchev–Trinajstić information content (AvgIpc) is 2.20. The van der Waals surface area contributed by atoms with Crippen molar-refractivity contribution in [3.63, 3.8) is 0 Å². The molecule has 0 aliphatic heterocycles. The molecule has 0 atom stereocenters. The third-order valence-electron chi connectivity index (χ3n) is 1.98. The zero-order chi connectivity index (χ0) is 11.6. The molecule has 15 heavy (non-hydrogen) atoms. The number of nitrogen functional groups attached to an aromatic ring is 1. The third-order valence-corrected chi connectivity index (χ3v) is 1.98. The van der Waals surface area contributed by atoms with E-state index in [0.29, 0.717) is 5.56 Å². The highest BCUT2D eigenvalue weighted by Gasteiger charge is 2.18. The molecule has 1 rings (SSSR count). The first kappa shape index (κ1) is 11.0. The van der Waals surface area contributed by atoms with E-state index in [1.165, 1.54) is 13.2 Å². The molecule has 1 aromatic carbocycles. The molecular formula is C9H10N2O4. The van der Waals surface area contributed by atoms with Gasteiger partial charge in [-0.25, -0.2) is 4.79 Å². The third kappa shape index (κ3) is 2.04. The van der Waals surface area contributed by atoms with Gasteiger partial charge in [0.15, 0.2) is 0 Å². The van der Waals surface area contributed by atoms with Crippen LogP contribution in [0.1, 0.15) is 15.9 Å². The number of nitro groups is 1. The summed E-state index contributed by atoms with van der Waals surface area (Å²) in [5.41, 5.74) is 5.88. The normalized spacial score (nSPS) is 9.73. The number of carbonyl (C=O) groups excluding carboxylic acids is 1. The summed E-state index contributed by atoms with van der Waals surface area (Å²) in [7, 11) is 1.21. The number of carbonyl (C=O) groups is 1. The van der Waals surface area contributed by atoms with Gasteiger partial charge in [-0.1, -0.05) is 0 Å². The molecule has 80 valence electrons. The molecule has 1 aromatic rings. The summed E-state index contributed by atoms with van der Waals surface area (Å²) < 4.78 is 4.46. The molecule has 0 aliphatic carbocycles. The quantitative estimate of drug-likeness (QED) is 0.343. The number of hydrogen-bond donors (Lipinski definition) is 1. The summed E-state index contributed by atoms with van der Waals surface area (Å²) in [6, 6.07) is 2.56. The molecule has 2 N–H and O–H groups in total. The van der Waals surface area contributed by atoms with Crippen LogP contribution in [0.25, 0.3) is 0 Å². The Morgan fingerprint density at radius 2 is 2.13 bits per heavy atom. The Labute approximate surface area is 85.8 Å².